The number of carbonyl (C=O) groups is 2. The molecular formula is C28H40N2O5. The number of cyclic esters (lactones) is 1. The molecule has 2 aliphatic rings. The second kappa shape index (κ2) is 10.0. The number of aryl methyl sites for hydroxylation is 2. The van der Waals surface area contributed by atoms with Crippen molar-refractivity contribution in [3.8, 4) is 0 Å². The number of ketones is 1. The van der Waals surface area contributed by atoms with Gasteiger partial charge in [-0.25, -0.2) is 4.98 Å². The summed E-state index contributed by atoms with van der Waals surface area (Å²) >= 11 is 0. The molecule has 4 rings (SSSR count). The van der Waals surface area contributed by atoms with Crippen LogP contribution in [0.2, 0.25) is 0 Å². The van der Waals surface area contributed by atoms with Gasteiger partial charge in [0.1, 0.15) is 17.7 Å². The molecule has 0 aliphatic carbocycles. The van der Waals surface area contributed by atoms with E-state index in [0.717, 1.165) is 41.7 Å². The van der Waals surface area contributed by atoms with Crippen molar-refractivity contribution < 1.29 is 24.2 Å². The Kier molecular flexibility index (Phi) is 7.39. The van der Waals surface area contributed by atoms with Crippen LogP contribution in [0.3, 0.4) is 0 Å². The minimum atomic E-state index is -0.721. The van der Waals surface area contributed by atoms with E-state index in [1.54, 1.807) is 6.92 Å². The van der Waals surface area contributed by atoms with Crippen molar-refractivity contribution in [2.24, 2.45) is 24.3 Å². The number of aliphatic hydroxyl groups is 1. The Hall–Kier alpha value is -2.25. The number of epoxide rings is 1. The molecule has 1 aromatic heterocycles. The molecular weight excluding hydrogens is 444 g/mol. The first-order valence-electron chi connectivity index (χ1n) is 13.0. The first-order valence-corrected chi connectivity index (χ1v) is 13.0. The number of carbonyl (C=O) groups excluding carboxylic acids is 2. The highest BCUT2D eigenvalue weighted by atomic mass is 16.6. The Bertz CT molecular complexity index is 1090. The fraction of sp³-hybridized carbons (Fsp3) is 0.679. The van der Waals surface area contributed by atoms with Crippen LogP contribution in [0.15, 0.2) is 18.2 Å². The van der Waals surface area contributed by atoms with Crippen molar-refractivity contribution in [1.29, 1.82) is 0 Å². The highest BCUT2D eigenvalue weighted by Gasteiger charge is 2.42. The summed E-state index contributed by atoms with van der Waals surface area (Å²) in [6.07, 6.45) is 2.89. The van der Waals surface area contributed by atoms with Crippen LogP contribution >= 0.6 is 0 Å². The molecule has 0 bridgehead atoms. The number of hydrogen-bond donors (Lipinski definition) is 1. The van der Waals surface area contributed by atoms with Gasteiger partial charge in [0.15, 0.2) is 0 Å². The molecule has 0 radical (unpaired) electrons. The van der Waals surface area contributed by atoms with Crippen LogP contribution in [0, 0.1) is 24.2 Å². The Balaban J connectivity index is 1.56. The standard InChI is InChI=1S/C28H40N2O5/c1-16-8-7-9-22-24(34-22)15-23(19-10-11-21-20(14-19)29-18(3)30(21)6)35-25(31)12-13-28(4,5)27(33)17(2)26(16)32/h10-11,14,16-17,22-24,26,32H,7-9,12-13,15H2,1-6H3/t16-,17+,22+,23-,24-,26-/m0/s1. The SMILES string of the molecule is Cc1nc2cc([C@@H]3C[C@@H]4O[C@@H]4CCC[C@H](C)[C@H](O)[C@@H](C)C(=O)C(C)(C)CCC(=O)O3)ccc2n1C. The Morgan fingerprint density at radius 3 is 2.63 bits per heavy atom. The van der Waals surface area contributed by atoms with Crippen LogP contribution in [0.1, 0.15) is 83.7 Å². The molecule has 7 heteroatoms. The first-order chi connectivity index (χ1) is 16.5. The number of benzene rings is 1. The zero-order chi connectivity index (χ0) is 25.5. The summed E-state index contributed by atoms with van der Waals surface area (Å²) in [4.78, 5) is 30.8. The molecule has 0 spiro atoms. The summed E-state index contributed by atoms with van der Waals surface area (Å²) in [6.45, 7) is 9.50. The molecule has 2 fully saturated rings. The van der Waals surface area contributed by atoms with Crippen LogP contribution in [-0.4, -0.2) is 44.7 Å². The molecule has 192 valence electrons. The molecule has 1 aromatic carbocycles. The maximum Gasteiger partial charge on any atom is 0.306 e. The molecule has 2 saturated heterocycles. The number of hydrogen-bond acceptors (Lipinski definition) is 6. The topological polar surface area (TPSA) is 94.0 Å². The average Bonchev–Trinajstić information content (AvgIpc) is 3.50. The lowest BCUT2D eigenvalue weighted by molar-refractivity contribution is -0.151. The maximum absolute atomic E-state index is 13.2. The minimum Gasteiger partial charge on any atom is -0.457 e. The first kappa shape index (κ1) is 25.8. The molecule has 0 unspecified atom stereocenters. The molecule has 2 aromatic rings. The summed E-state index contributed by atoms with van der Waals surface area (Å²) in [5.74, 6) is 0.156. The highest BCUT2D eigenvalue weighted by Crippen LogP contribution is 2.39. The van der Waals surface area contributed by atoms with Crippen LogP contribution in [-0.2, 0) is 26.1 Å². The predicted octanol–water partition coefficient (Wildman–Crippen LogP) is 4.82. The summed E-state index contributed by atoms with van der Waals surface area (Å²) in [7, 11) is 1.99. The lowest BCUT2D eigenvalue weighted by Gasteiger charge is -2.31. The van der Waals surface area contributed by atoms with Gasteiger partial charge in [0.25, 0.3) is 0 Å². The van der Waals surface area contributed by atoms with E-state index < -0.39 is 23.5 Å². The van der Waals surface area contributed by atoms with Crippen LogP contribution in [0.25, 0.3) is 11.0 Å². The molecule has 6 atom stereocenters. The van der Waals surface area contributed by atoms with Crippen molar-refractivity contribution in [3.63, 3.8) is 0 Å². The van der Waals surface area contributed by atoms with Gasteiger partial charge in [-0.2, -0.15) is 0 Å². The van der Waals surface area contributed by atoms with Gasteiger partial charge in [-0.1, -0.05) is 40.2 Å². The van der Waals surface area contributed by atoms with Crippen molar-refractivity contribution >= 4 is 22.8 Å². The second-order valence-electron chi connectivity index (χ2n) is 11.3. The molecule has 3 heterocycles. The highest BCUT2D eigenvalue weighted by molar-refractivity contribution is 5.87. The third-order valence-corrected chi connectivity index (χ3v) is 8.19. The van der Waals surface area contributed by atoms with Crippen molar-refractivity contribution in [3.05, 3.63) is 29.6 Å². The quantitative estimate of drug-likeness (QED) is 0.461. The molecule has 0 saturated carbocycles. The number of aliphatic hydroxyl groups excluding tert-OH is 1. The van der Waals surface area contributed by atoms with Crippen LogP contribution in [0.5, 0.6) is 0 Å². The third-order valence-electron chi connectivity index (χ3n) is 8.19. The maximum atomic E-state index is 13.2. The predicted molar refractivity (Wildman–Crippen MR) is 134 cm³/mol. The van der Waals surface area contributed by atoms with Gasteiger partial charge >= 0.3 is 5.97 Å². The fourth-order valence-corrected chi connectivity index (χ4v) is 5.47. The van der Waals surface area contributed by atoms with Crippen LogP contribution in [0.4, 0.5) is 0 Å². The fourth-order valence-electron chi connectivity index (χ4n) is 5.47. The van der Waals surface area contributed by atoms with Gasteiger partial charge < -0.3 is 19.1 Å². The number of ether oxygens (including phenoxy) is 2. The molecule has 1 N–H and O–H groups in total. The number of nitrogens with zero attached hydrogens (tertiary/aromatic N) is 2. The van der Waals surface area contributed by atoms with E-state index in [4.69, 9.17) is 9.47 Å². The van der Waals surface area contributed by atoms with Gasteiger partial charge in [0, 0.05) is 31.2 Å². The van der Waals surface area contributed by atoms with E-state index >= 15 is 0 Å². The Morgan fingerprint density at radius 1 is 1.14 bits per heavy atom. The largest absolute Gasteiger partial charge is 0.457 e. The molecule has 35 heavy (non-hydrogen) atoms. The van der Waals surface area contributed by atoms with E-state index in [2.05, 4.69) is 4.98 Å². The minimum absolute atomic E-state index is 0.00476. The smallest absolute Gasteiger partial charge is 0.306 e. The third kappa shape index (κ3) is 5.61. The van der Waals surface area contributed by atoms with Gasteiger partial charge in [-0.05, 0) is 49.8 Å². The lowest BCUT2D eigenvalue weighted by Crippen LogP contribution is -2.39. The van der Waals surface area contributed by atoms with Gasteiger partial charge in [-0.3, -0.25) is 9.59 Å². The number of fused-ring (bicyclic) bond motifs is 2. The number of imidazole rings is 1. The number of esters is 1. The summed E-state index contributed by atoms with van der Waals surface area (Å²) in [5, 5.41) is 10.8. The van der Waals surface area contributed by atoms with Gasteiger partial charge in [0.05, 0.1) is 29.3 Å². The summed E-state index contributed by atoms with van der Waals surface area (Å²) < 4.78 is 14.0. The number of aromatic nitrogens is 2. The Morgan fingerprint density at radius 2 is 1.89 bits per heavy atom. The van der Waals surface area contributed by atoms with E-state index in [9.17, 15) is 14.7 Å². The second-order valence-corrected chi connectivity index (χ2v) is 11.3. The van der Waals surface area contributed by atoms with Crippen molar-refractivity contribution in [2.45, 2.75) is 97.6 Å². The normalized spacial score (nSPS) is 32.8. The van der Waals surface area contributed by atoms with Crippen molar-refractivity contribution in [2.75, 3.05) is 0 Å². The average molecular weight is 485 g/mol. The van der Waals surface area contributed by atoms with E-state index in [-0.39, 0.29) is 36.3 Å². The van der Waals surface area contributed by atoms with Gasteiger partial charge in [0.2, 0.25) is 0 Å². The van der Waals surface area contributed by atoms with Crippen LogP contribution < -0.4 is 0 Å². The Labute approximate surface area is 208 Å². The summed E-state index contributed by atoms with van der Waals surface area (Å²) in [5.41, 5.74) is 2.12. The monoisotopic (exact) mass is 484 g/mol. The lowest BCUT2D eigenvalue weighted by atomic mass is 9.74. The van der Waals surface area contributed by atoms with E-state index in [1.807, 2.05) is 57.5 Å². The van der Waals surface area contributed by atoms with Gasteiger partial charge in [-0.15, -0.1) is 0 Å². The van der Waals surface area contributed by atoms with E-state index in [1.165, 1.54) is 0 Å². The summed E-state index contributed by atoms with van der Waals surface area (Å²) in [6, 6.07) is 6.04. The number of rotatable bonds is 1. The zero-order valence-electron chi connectivity index (χ0n) is 21.9. The van der Waals surface area contributed by atoms with Crippen molar-refractivity contribution in [1.82, 2.24) is 9.55 Å². The number of Topliss-reactive ketones (excluding diaryl/α,β-unsaturated/α-hetero) is 1. The zero-order valence-corrected chi connectivity index (χ0v) is 21.9. The molecule has 7 nitrogen and oxygen atoms in total. The molecule has 0 amide bonds. The van der Waals surface area contributed by atoms with E-state index in [0.29, 0.717) is 12.8 Å². The molecule has 2 aliphatic heterocycles.